The molecule has 1 N–H and O–H groups in total. The third kappa shape index (κ3) is 3.03. The van der Waals surface area contributed by atoms with E-state index in [-0.39, 0.29) is 12.7 Å². The van der Waals surface area contributed by atoms with Gasteiger partial charge < -0.3 is 9.84 Å². The minimum atomic E-state index is -0.946. The Morgan fingerprint density at radius 1 is 1.05 bits per heavy atom. The molecule has 0 fully saturated rings. The molecular formula is C18H16O3. The Bertz CT molecular complexity index is 688. The molecule has 0 aliphatic heterocycles. The molecule has 0 amide bonds. The second-order valence-electron chi connectivity index (χ2n) is 5.06. The number of benzene rings is 2. The Morgan fingerprint density at radius 2 is 1.71 bits per heavy atom. The number of carbonyl (C=O) groups is 1. The third-order valence-corrected chi connectivity index (χ3v) is 3.65. The van der Waals surface area contributed by atoms with Crippen LogP contribution in [0.1, 0.15) is 28.4 Å². The van der Waals surface area contributed by atoms with Crippen LogP contribution in [0, 0.1) is 0 Å². The average Bonchev–Trinajstić information content (AvgIpc) is 2.48. The zero-order chi connectivity index (χ0) is 14.7. The lowest BCUT2D eigenvalue weighted by Crippen LogP contribution is -2.16. The van der Waals surface area contributed by atoms with E-state index in [1.807, 2.05) is 36.4 Å². The number of rotatable bonds is 3. The van der Waals surface area contributed by atoms with Crippen molar-refractivity contribution in [3.63, 3.8) is 0 Å². The van der Waals surface area contributed by atoms with Gasteiger partial charge in [-0.25, -0.2) is 4.79 Å². The van der Waals surface area contributed by atoms with E-state index in [1.54, 1.807) is 0 Å². The van der Waals surface area contributed by atoms with Gasteiger partial charge in [-0.15, -0.1) is 0 Å². The second kappa shape index (κ2) is 5.94. The van der Waals surface area contributed by atoms with Crippen LogP contribution in [0.25, 0.3) is 12.2 Å². The van der Waals surface area contributed by atoms with Gasteiger partial charge in [0.25, 0.3) is 0 Å². The molecule has 1 aliphatic rings. The highest BCUT2D eigenvalue weighted by molar-refractivity contribution is 5.74. The molecule has 3 rings (SSSR count). The number of hydrogen-bond acceptors (Lipinski definition) is 2. The standard InChI is InChI=1S/C18H16O3/c19-18(20)12-21-17-11-15-7-2-1-5-13(15)9-10-14-6-3-4-8-16(14)17/h1-10,17H,11-12H2,(H,19,20). The zero-order valence-electron chi connectivity index (χ0n) is 11.5. The molecule has 0 saturated heterocycles. The van der Waals surface area contributed by atoms with Crippen molar-refractivity contribution in [2.24, 2.45) is 0 Å². The summed E-state index contributed by atoms with van der Waals surface area (Å²) < 4.78 is 5.63. The number of carboxylic acids is 1. The minimum Gasteiger partial charge on any atom is -0.480 e. The average molecular weight is 280 g/mol. The van der Waals surface area contributed by atoms with Crippen LogP contribution >= 0.6 is 0 Å². The van der Waals surface area contributed by atoms with Crippen LogP contribution in [0.15, 0.2) is 48.5 Å². The lowest BCUT2D eigenvalue weighted by Gasteiger charge is -2.22. The summed E-state index contributed by atoms with van der Waals surface area (Å²) in [5.74, 6) is -0.946. The number of fused-ring (bicyclic) bond motifs is 2. The highest BCUT2D eigenvalue weighted by Crippen LogP contribution is 2.30. The second-order valence-corrected chi connectivity index (χ2v) is 5.06. The Labute approximate surface area is 123 Å². The summed E-state index contributed by atoms with van der Waals surface area (Å²) in [6, 6.07) is 16.1. The van der Waals surface area contributed by atoms with Crippen LogP contribution in [0.5, 0.6) is 0 Å². The maximum atomic E-state index is 10.8. The number of carboxylic acid groups (broad SMARTS) is 1. The Kier molecular flexibility index (Phi) is 3.84. The van der Waals surface area contributed by atoms with Crippen LogP contribution in [-0.2, 0) is 16.0 Å². The molecule has 1 atom stereocenters. The number of aliphatic carboxylic acids is 1. The maximum absolute atomic E-state index is 10.8. The fourth-order valence-electron chi connectivity index (χ4n) is 2.65. The van der Waals surface area contributed by atoms with Crippen molar-refractivity contribution in [3.05, 3.63) is 70.8 Å². The maximum Gasteiger partial charge on any atom is 0.329 e. The van der Waals surface area contributed by atoms with Crippen molar-refractivity contribution >= 4 is 18.1 Å². The summed E-state index contributed by atoms with van der Waals surface area (Å²) in [6.07, 6.45) is 4.58. The fourth-order valence-corrected chi connectivity index (χ4v) is 2.65. The SMILES string of the molecule is O=C(O)COC1Cc2ccccc2C=Cc2ccccc21. The van der Waals surface area contributed by atoms with Crippen molar-refractivity contribution < 1.29 is 14.6 Å². The van der Waals surface area contributed by atoms with Crippen LogP contribution in [0.4, 0.5) is 0 Å². The summed E-state index contributed by atoms with van der Waals surface area (Å²) in [7, 11) is 0. The van der Waals surface area contributed by atoms with Crippen molar-refractivity contribution in [1.82, 2.24) is 0 Å². The van der Waals surface area contributed by atoms with Crippen LogP contribution in [0.3, 0.4) is 0 Å². The highest BCUT2D eigenvalue weighted by Gasteiger charge is 2.19. The molecular weight excluding hydrogens is 264 g/mol. The topological polar surface area (TPSA) is 46.5 Å². The van der Waals surface area contributed by atoms with Gasteiger partial charge in [-0.3, -0.25) is 0 Å². The molecule has 106 valence electrons. The lowest BCUT2D eigenvalue weighted by molar-refractivity contribution is -0.144. The predicted octanol–water partition coefficient (Wildman–Crippen LogP) is 3.56. The van der Waals surface area contributed by atoms with E-state index in [0.29, 0.717) is 6.42 Å². The largest absolute Gasteiger partial charge is 0.480 e. The van der Waals surface area contributed by atoms with E-state index in [9.17, 15) is 4.79 Å². The highest BCUT2D eigenvalue weighted by atomic mass is 16.5. The quantitative estimate of drug-likeness (QED) is 0.935. The monoisotopic (exact) mass is 280 g/mol. The van der Waals surface area contributed by atoms with Gasteiger partial charge in [-0.1, -0.05) is 60.7 Å². The lowest BCUT2D eigenvalue weighted by atomic mass is 9.91. The first-order valence-corrected chi connectivity index (χ1v) is 6.92. The van der Waals surface area contributed by atoms with Gasteiger partial charge in [0.2, 0.25) is 0 Å². The third-order valence-electron chi connectivity index (χ3n) is 3.65. The van der Waals surface area contributed by atoms with Crippen molar-refractivity contribution in [1.29, 1.82) is 0 Å². The molecule has 3 heteroatoms. The van der Waals surface area contributed by atoms with Gasteiger partial charge >= 0.3 is 5.97 Å². The van der Waals surface area contributed by atoms with E-state index in [1.165, 1.54) is 5.56 Å². The first-order chi connectivity index (χ1) is 10.2. The molecule has 1 unspecified atom stereocenters. The van der Waals surface area contributed by atoms with Crippen LogP contribution < -0.4 is 0 Å². The molecule has 0 spiro atoms. The summed E-state index contributed by atoms with van der Waals surface area (Å²) >= 11 is 0. The summed E-state index contributed by atoms with van der Waals surface area (Å²) in [5.41, 5.74) is 4.42. The van der Waals surface area contributed by atoms with E-state index in [2.05, 4.69) is 24.3 Å². The van der Waals surface area contributed by atoms with Gasteiger partial charge in [0, 0.05) is 6.42 Å². The first kappa shape index (κ1) is 13.6. The molecule has 0 saturated carbocycles. The Balaban J connectivity index is 2.03. The first-order valence-electron chi connectivity index (χ1n) is 6.92. The molecule has 2 aromatic rings. The van der Waals surface area contributed by atoms with E-state index >= 15 is 0 Å². The zero-order valence-corrected chi connectivity index (χ0v) is 11.5. The van der Waals surface area contributed by atoms with Crippen LogP contribution in [-0.4, -0.2) is 17.7 Å². The molecule has 0 radical (unpaired) electrons. The number of hydrogen-bond donors (Lipinski definition) is 1. The van der Waals surface area contributed by atoms with Gasteiger partial charge in [-0.2, -0.15) is 0 Å². The summed E-state index contributed by atoms with van der Waals surface area (Å²) in [4.78, 5) is 10.8. The van der Waals surface area contributed by atoms with Crippen molar-refractivity contribution in [2.45, 2.75) is 12.5 Å². The van der Waals surface area contributed by atoms with Gasteiger partial charge in [0.1, 0.15) is 6.61 Å². The van der Waals surface area contributed by atoms with E-state index < -0.39 is 5.97 Å². The molecule has 2 aromatic carbocycles. The van der Waals surface area contributed by atoms with Crippen molar-refractivity contribution in [3.8, 4) is 0 Å². The Morgan fingerprint density at radius 3 is 2.52 bits per heavy atom. The smallest absolute Gasteiger partial charge is 0.329 e. The fraction of sp³-hybridized carbons (Fsp3) is 0.167. The molecule has 0 heterocycles. The van der Waals surface area contributed by atoms with E-state index in [0.717, 1.165) is 16.7 Å². The number of ether oxygens (including phenoxy) is 1. The summed E-state index contributed by atoms with van der Waals surface area (Å²) in [6.45, 7) is -0.287. The molecule has 0 bridgehead atoms. The van der Waals surface area contributed by atoms with Gasteiger partial charge in [0.15, 0.2) is 0 Å². The molecule has 1 aliphatic carbocycles. The van der Waals surface area contributed by atoms with E-state index in [4.69, 9.17) is 9.84 Å². The van der Waals surface area contributed by atoms with Gasteiger partial charge in [-0.05, 0) is 22.3 Å². The summed E-state index contributed by atoms with van der Waals surface area (Å²) in [5, 5.41) is 8.87. The van der Waals surface area contributed by atoms with Crippen LogP contribution in [0.2, 0.25) is 0 Å². The minimum absolute atomic E-state index is 0.247. The van der Waals surface area contributed by atoms with Gasteiger partial charge in [0.05, 0.1) is 6.10 Å². The predicted molar refractivity (Wildman–Crippen MR) is 81.8 cm³/mol. The van der Waals surface area contributed by atoms with Crippen molar-refractivity contribution in [2.75, 3.05) is 6.61 Å². The molecule has 21 heavy (non-hydrogen) atoms. The molecule has 0 aromatic heterocycles. The molecule has 3 nitrogen and oxygen atoms in total. The normalized spacial score (nSPS) is 16.5. The Hall–Kier alpha value is -2.39.